The van der Waals surface area contributed by atoms with Crippen molar-refractivity contribution in [2.24, 2.45) is 0 Å². The molecule has 1 aliphatic rings. The molecule has 2 N–H and O–H groups in total. The third-order valence-corrected chi connectivity index (χ3v) is 3.66. The summed E-state index contributed by atoms with van der Waals surface area (Å²) in [5.74, 6) is 0.911. The average molecular weight is 263 g/mol. The van der Waals surface area contributed by atoms with E-state index < -0.39 is 0 Å². The Morgan fingerprint density at radius 1 is 1.16 bits per heavy atom. The van der Waals surface area contributed by atoms with E-state index >= 15 is 0 Å². The lowest BCUT2D eigenvalue weighted by Crippen LogP contribution is -2.32. The molecule has 2 atom stereocenters. The van der Waals surface area contributed by atoms with Gasteiger partial charge < -0.3 is 15.2 Å². The van der Waals surface area contributed by atoms with E-state index in [9.17, 15) is 5.11 Å². The predicted octanol–water partition coefficient (Wildman–Crippen LogP) is 3.58. The fourth-order valence-corrected chi connectivity index (χ4v) is 2.54. The van der Waals surface area contributed by atoms with Crippen molar-refractivity contribution in [3.05, 3.63) is 24.3 Å². The molecular formula is C16H25NO2. The van der Waals surface area contributed by atoms with Crippen molar-refractivity contribution >= 4 is 5.69 Å². The largest absolute Gasteiger partial charge is 0.494 e. The molecule has 0 radical (unpaired) electrons. The molecule has 0 amide bonds. The number of nitrogens with one attached hydrogen (secondary N) is 1. The minimum atomic E-state index is -0.224. The van der Waals surface area contributed by atoms with Gasteiger partial charge in [0.25, 0.3) is 0 Å². The number of rotatable bonds is 5. The summed E-state index contributed by atoms with van der Waals surface area (Å²) >= 11 is 0. The van der Waals surface area contributed by atoms with Crippen LogP contribution in [0.4, 0.5) is 5.69 Å². The van der Waals surface area contributed by atoms with Gasteiger partial charge in [0.2, 0.25) is 0 Å². The molecule has 106 valence electrons. The Morgan fingerprint density at radius 3 is 2.63 bits per heavy atom. The van der Waals surface area contributed by atoms with Crippen LogP contribution in [0, 0.1) is 0 Å². The van der Waals surface area contributed by atoms with Crippen LogP contribution in [0.25, 0.3) is 0 Å². The molecule has 3 heteroatoms. The lowest BCUT2D eigenvalue weighted by molar-refractivity contribution is 0.144. The van der Waals surface area contributed by atoms with E-state index in [0.717, 1.165) is 43.7 Å². The summed E-state index contributed by atoms with van der Waals surface area (Å²) < 4.78 is 5.56. The van der Waals surface area contributed by atoms with Crippen molar-refractivity contribution in [2.75, 3.05) is 11.9 Å². The molecule has 1 aromatic rings. The first-order valence-corrected chi connectivity index (χ1v) is 7.47. The number of benzene rings is 1. The molecule has 2 unspecified atom stereocenters. The van der Waals surface area contributed by atoms with Crippen LogP contribution in [0.15, 0.2) is 24.3 Å². The lowest BCUT2D eigenvalue weighted by atomic mass is 10.1. The van der Waals surface area contributed by atoms with Crippen LogP contribution in [-0.2, 0) is 0 Å². The van der Waals surface area contributed by atoms with Crippen molar-refractivity contribution in [3.63, 3.8) is 0 Å². The Labute approximate surface area is 116 Å². The van der Waals surface area contributed by atoms with Gasteiger partial charge in [-0.15, -0.1) is 0 Å². The van der Waals surface area contributed by atoms with Crippen molar-refractivity contribution in [1.82, 2.24) is 0 Å². The maximum absolute atomic E-state index is 10.1. The van der Waals surface area contributed by atoms with Gasteiger partial charge in [-0.2, -0.15) is 0 Å². The van der Waals surface area contributed by atoms with Gasteiger partial charge in [-0.25, -0.2) is 0 Å². The predicted molar refractivity (Wildman–Crippen MR) is 78.7 cm³/mol. The van der Waals surface area contributed by atoms with Gasteiger partial charge in [0, 0.05) is 5.69 Å². The van der Waals surface area contributed by atoms with Crippen molar-refractivity contribution < 1.29 is 9.84 Å². The number of aliphatic hydroxyl groups excluding tert-OH is 1. The summed E-state index contributed by atoms with van der Waals surface area (Å²) in [6.07, 6.45) is 6.34. The molecule has 0 saturated heterocycles. The van der Waals surface area contributed by atoms with E-state index in [4.69, 9.17) is 4.74 Å². The first-order chi connectivity index (χ1) is 9.29. The summed E-state index contributed by atoms with van der Waals surface area (Å²) in [4.78, 5) is 0. The highest BCUT2D eigenvalue weighted by Gasteiger charge is 2.21. The normalized spacial score (nSPS) is 23.7. The second-order valence-electron chi connectivity index (χ2n) is 5.33. The first kappa shape index (κ1) is 14.2. The number of aliphatic hydroxyl groups is 1. The molecule has 3 nitrogen and oxygen atoms in total. The maximum atomic E-state index is 10.1. The van der Waals surface area contributed by atoms with Crippen molar-refractivity contribution in [3.8, 4) is 5.75 Å². The lowest BCUT2D eigenvalue weighted by Gasteiger charge is -2.23. The van der Waals surface area contributed by atoms with E-state index in [1.807, 2.05) is 24.3 Å². The van der Waals surface area contributed by atoms with E-state index in [1.165, 1.54) is 12.8 Å². The van der Waals surface area contributed by atoms with Crippen LogP contribution in [0.1, 0.15) is 45.4 Å². The van der Waals surface area contributed by atoms with E-state index in [0.29, 0.717) is 0 Å². The molecule has 1 aliphatic carbocycles. The van der Waals surface area contributed by atoms with Crippen LogP contribution >= 0.6 is 0 Å². The van der Waals surface area contributed by atoms with E-state index in [1.54, 1.807) is 0 Å². The Kier molecular flexibility index (Phi) is 5.52. The Balaban J connectivity index is 1.90. The summed E-state index contributed by atoms with van der Waals surface area (Å²) in [6, 6.07) is 8.22. The quantitative estimate of drug-likeness (QED) is 0.798. The number of anilines is 1. The molecule has 1 aromatic carbocycles. The smallest absolute Gasteiger partial charge is 0.119 e. The van der Waals surface area contributed by atoms with Crippen LogP contribution in [0.3, 0.4) is 0 Å². The minimum Gasteiger partial charge on any atom is -0.494 e. The van der Waals surface area contributed by atoms with Crippen LogP contribution < -0.4 is 10.1 Å². The van der Waals surface area contributed by atoms with Gasteiger partial charge in [-0.1, -0.05) is 26.2 Å². The highest BCUT2D eigenvalue weighted by Crippen LogP contribution is 2.23. The monoisotopic (exact) mass is 263 g/mol. The van der Waals surface area contributed by atoms with Gasteiger partial charge in [-0.3, -0.25) is 0 Å². The van der Waals surface area contributed by atoms with Gasteiger partial charge in [-0.05, 0) is 43.5 Å². The Bertz CT molecular complexity index is 364. The molecular weight excluding hydrogens is 238 g/mol. The number of hydrogen-bond acceptors (Lipinski definition) is 3. The zero-order valence-corrected chi connectivity index (χ0v) is 11.8. The molecule has 0 bridgehead atoms. The molecule has 0 heterocycles. The molecule has 2 rings (SSSR count). The Hall–Kier alpha value is -1.22. The third kappa shape index (κ3) is 4.43. The van der Waals surface area contributed by atoms with Crippen molar-refractivity contribution in [1.29, 1.82) is 0 Å². The summed E-state index contributed by atoms with van der Waals surface area (Å²) in [5, 5.41) is 13.5. The summed E-state index contributed by atoms with van der Waals surface area (Å²) in [6.45, 7) is 2.86. The van der Waals surface area contributed by atoms with Crippen LogP contribution in [-0.4, -0.2) is 23.9 Å². The second kappa shape index (κ2) is 7.39. The average Bonchev–Trinajstić information content (AvgIpc) is 2.63. The standard InChI is InChI=1S/C16H25NO2/c1-2-12-19-14-10-8-13(9-11-14)17-15-6-4-3-5-7-16(15)18/h8-11,15-18H,2-7,12H2,1H3. The topological polar surface area (TPSA) is 41.5 Å². The van der Waals surface area contributed by atoms with E-state index in [-0.39, 0.29) is 12.1 Å². The Morgan fingerprint density at radius 2 is 1.89 bits per heavy atom. The third-order valence-electron chi connectivity index (χ3n) is 3.66. The second-order valence-corrected chi connectivity index (χ2v) is 5.33. The molecule has 1 saturated carbocycles. The van der Waals surface area contributed by atoms with Crippen LogP contribution in [0.2, 0.25) is 0 Å². The number of ether oxygens (including phenoxy) is 1. The molecule has 19 heavy (non-hydrogen) atoms. The summed E-state index contributed by atoms with van der Waals surface area (Å²) in [5.41, 5.74) is 1.06. The molecule has 0 aliphatic heterocycles. The fraction of sp³-hybridized carbons (Fsp3) is 0.625. The summed E-state index contributed by atoms with van der Waals surface area (Å²) in [7, 11) is 0. The molecule has 0 aromatic heterocycles. The minimum absolute atomic E-state index is 0.185. The highest BCUT2D eigenvalue weighted by atomic mass is 16.5. The van der Waals surface area contributed by atoms with Gasteiger partial charge in [0.1, 0.15) is 5.75 Å². The van der Waals surface area contributed by atoms with Gasteiger partial charge >= 0.3 is 0 Å². The zero-order valence-electron chi connectivity index (χ0n) is 11.8. The highest BCUT2D eigenvalue weighted by molar-refractivity contribution is 5.47. The zero-order chi connectivity index (χ0) is 13.5. The first-order valence-electron chi connectivity index (χ1n) is 7.47. The molecule has 0 spiro atoms. The van der Waals surface area contributed by atoms with Crippen molar-refractivity contribution in [2.45, 2.75) is 57.6 Å². The van der Waals surface area contributed by atoms with Crippen LogP contribution in [0.5, 0.6) is 5.75 Å². The van der Waals surface area contributed by atoms with Gasteiger partial charge in [0.05, 0.1) is 18.8 Å². The maximum Gasteiger partial charge on any atom is 0.119 e. The molecule has 1 fully saturated rings. The van der Waals surface area contributed by atoms with Gasteiger partial charge in [0.15, 0.2) is 0 Å². The van der Waals surface area contributed by atoms with E-state index in [2.05, 4.69) is 12.2 Å². The number of hydrogen-bond donors (Lipinski definition) is 2. The fourth-order valence-electron chi connectivity index (χ4n) is 2.54. The SMILES string of the molecule is CCCOc1ccc(NC2CCCCCC2O)cc1.